The molecule has 5 rings (SSSR count). The number of nitrogens with zero attached hydrogens (tertiary/aromatic N) is 3. The van der Waals surface area contributed by atoms with Crippen LogP contribution in [0.15, 0.2) is 42.6 Å². The highest BCUT2D eigenvalue weighted by Gasteiger charge is 2.45. The lowest BCUT2D eigenvalue weighted by Crippen LogP contribution is -2.51. The minimum absolute atomic E-state index is 0.0318. The summed E-state index contributed by atoms with van der Waals surface area (Å²) >= 11 is 0. The number of carbonyl (C=O) groups is 2. The summed E-state index contributed by atoms with van der Waals surface area (Å²) in [6.07, 6.45) is -0.996. The summed E-state index contributed by atoms with van der Waals surface area (Å²) in [5.41, 5.74) is -0.113. The zero-order valence-corrected chi connectivity index (χ0v) is 21.9. The molecule has 0 aliphatic carbocycles. The summed E-state index contributed by atoms with van der Waals surface area (Å²) in [5, 5.41) is 10.1. The second-order valence-corrected chi connectivity index (χ2v) is 11.8. The van der Waals surface area contributed by atoms with Gasteiger partial charge in [-0.1, -0.05) is 6.07 Å². The SMILES string of the molecule is CS(=O)(=O)CC(=O)Nc1c2c(nn1-c1ccccn1)C[C@]1(CCCOc3cc(OCC(F)(F)F)ccc31)NC2=O. The number of pyridine rings is 1. The number of anilines is 1. The van der Waals surface area contributed by atoms with E-state index in [0.717, 1.165) is 6.26 Å². The molecule has 4 heterocycles. The topological polar surface area (TPSA) is 142 Å². The van der Waals surface area contributed by atoms with Crippen molar-refractivity contribution in [3.63, 3.8) is 0 Å². The molecule has 0 saturated carbocycles. The van der Waals surface area contributed by atoms with Crippen molar-refractivity contribution in [1.82, 2.24) is 20.1 Å². The van der Waals surface area contributed by atoms with Gasteiger partial charge in [-0.15, -0.1) is 0 Å². The summed E-state index contributed by atoms with van der Waals surface area (Å²) in [6, 6.07) is 9.26. The first-order valence-electron chi connectivity index (χ1n) is 12.1. The fraction of sp³-hybridized carbons (Fsp3) is 0.360. The third kappa shape index (κ3) is 5.73. The summed E-state index contributed by atoms with van der Waals surface area (Å²) < 4.78 is 73.3. The van der Waals surface area contributed by atoms with E-state index in [2.05, 4.69) is 20.7 Å². The molecule has 1 spiro atoms. The van der Waals surface area contributed by atoms with Gasteiger partial charge in [-0.3, -0.25) is 9.59 Å². The molecule has 0 saturated heterocycles. The van der Waals surface area contributed by atoms with Crippen molar-refractivity contribution >= 4 is 27.5 Å². The number of amides is 2. The number of halogens is 3. The molecule has 1 atom stereocenters. The zero-order valence-electron chi connectivity index (χ0n) is 21.1. The van der Waals surface area contributed by atoms with Crippen LogP contribution in [0, 0.1) is 0 Å². The van der Waals surface area contributed by atoms with Gasteiger partial charge < -0.3 is 20.1 Å². The predicted molar refractivity (Wildman–Crippen MR) is 135 cm³/mol. The standard InChI is InChI=1S/C25H24F3N5O6S/c1-40(36,37)13-20(34)30-22-21-17(32-33(22)19-5-2-3-9-29-19)12-24(31-23(21)35)8-4-10-38-18-11-15(6-7-16(18)24)39-14-25(26,27)28/h2-3,5-7,9,11H,4,8,10,12-14H2,1H3,(H,30,34)(H,31,35)/t24-/m0/s1. The molecule has 2 aliphatic heterocycles. The van der Waals surface area contributed by atoms with Gasteiger partial charge in [-0.2, -0.15) is 23.0 Å². The van der Waals surface area contributed by atoms with Crippen LogP contribution in [0.2, 0.25) is 0 Å². The van der Waals surface area contributed by atoms with Crippen LogP contribution in [0.25, 0.3) is 5.82 Å². The summed E-state index contributed by atoms with van der Waals surface area (Å²) in [5.74, 6) is -1.75. The molecule has 2 aliphatic rings. The van der Waals surface area contributed by atoms with Crippen molar-refractivity contribution in [1.29, 1.82) is 0 Å². The molecule has 11 nitrogen and oxygen atoms in total. The van der Waals surface area contributed by atoms with Gasteiger partial charge in [0, 0.05) is 30.5 Å². The van der Waals surface area contributed by atoms with Crippen LogP contribution in [-0.2, 0) is 26.6 Å². The number of fused-ring (bicyclic) bond motifs is 3. The van der Waals surface area contributed by atoms with Gasteiger partial charge in [0.1, 0.15) is 22.8 Å². The highest BCUT2D eigenvalue weighted by atomic mass is 32.2. The second-order valence-electron chi connectivity index (χ2n) is 9.62. The molecule has 0 unspecified atom stereocenters. The minimum atomic E-state index is -4.51. The van der Waals surface area contributed by atoms with E-state index in [0.29, 0.717) is 24.1 Å². The van der Waals surface area contributed by atoms with Crippen LogP contribution >= 0.6 is 0 Å². The van der Waals surface area contributed by atoms with E-state index in [1.165, 1.54) is 23.0 Å². The molecular formula is C25H24F3N5O6S. The first-order chi connectivity index (χ1) is 18.8. The maximum Gasteiger partial charge on any atom is 0.422 e. The van der Waals surface area contributed by atoms with Gasteiger partial charge in [-0.05, 0) is 37.1 Å². The molecule has 40 heavy (non-hydrogen) atoms. The monoisotopic (exact) mass is 579 g/mol. The Morgan fingerprint density at radius 1 is 1.27 bits per heavy atom. The summed E-state index contributed by atoms with van der Waals surface area (Å²) in [4.78, 5) is 30.5. The lowest BCUT2D eigenvalue weighted by atomic mass is 9.78. The number of benzene rings is 1. The number of aromatic nitrogens is 3. The normalized spacial score (nSPS) is 18.6. The fourth-order valence-electron chi connectivity index (χ4n) is 4.88. The number of sulfone groups is 1. The molecule has 0 fully saturated rings. The quantitative estimate of drug-likeness (QED) is 0.454. The number of alkyl halides is 3. The average molecular weight is 580 g/mol. The number of carbonyl (C=O) groups excluding carboxylic acids is 2. The van der Waals surface area contributed by atoms with E-state index in [4.69, 9.17) is 9.47 Å². The van der Waals surface area contributed by atoms with Crippen molar-refractivity contribution < 1.29 is 40.7 Å². The molecule has 3 aromatic rings. The lowest BCUT2D eigenvalue weighted by molar-refractivity contribution is -0.153. The first-order valence-corrected chi connectivity index (χ1v) is 14.2. The number of ether oxygens (including phenoxy) is 2. The molecule has 0 bridgehead atoms. The Bertz CT molecular complexity index is 1580. The molecule has 212 valence electrons. The van der Waals surface area contributed by atoms with Crippen LogP contribution in [0.4, 0.5) is 19.0 Å². The Labute approximate surface area is 226 Å². The molecule has 1 aromatic carbocycles. The van der Waals surface area contributed by atoms with Crippen LogP contribution < -0.4 is 20.1 Å². The third-order valence-electron chi connectivity index (χ3n) is 6.40. The van der Waals surface area contributed by atoms with Crippen LogP contribution in [0.5, 0.6) is 11.5 Å². The van der Waals surface area contributed by atoms with E-state index in [1.54, 1.807) is 24.3 Å². The number of nitrogens with one attached hydrogen (secondary N) is 2. The van der Waals surface area contributed by atoms with E-state index in [1.807, 2.05) is 0 Å². The molecule has 2 amide bonds. The molecule has 0 radical (unpaired) electrons. The van der Waals surface area contributed by atoms with Crippen molar-refractivity contribution in [3.05, 3.63) is 59.4 Å². The Balaban J connectivity index is 1.55. The largest absolute Gasteiger partial charge is 0.493 e. The minimum Gasteiger partial charge on any atom is -0.493 e. The number of rotatable bonds is 6. The van der Waals surface area contributed by atoms with E-state index in [9.17, 15) is 31.2 Å². The van der Waals surface area contributed by atoms with Gasteiger partial charge in [0.25, 0.3) is 5.91 Å². The van der Waals surface area contributed by atoms with E-state index in [-0.39, 0.29) is 41.7 Å². The Hall–Kier alpha value is -4.14. The van der Waals surface area contributed by atoms with Crippen LogP contribution in [0.1, 0.15) is 34.5 Å². The van der Waals surface area contributed by atoms with Crippen molar-refractivity contribution in [3.8, 4) is 17.3 Å². The van der Waals surface area contributed by atoms with E-state index < -0.39 is 45.7 Å². The summed E-state index contributed by atoms with van der Waals surface area (Å²) in [6.45, 7) is -1.20. The second kappa shape index (κ2) is 10.1. The predicted octanol–water partition coefficient (Wildman–Crippen LogP) is 2.55. The smallest absolute Gasteiger partial charge is 0.422 e. The first kappa shape index (κ1) is 27.4. The summed E-state index contributed by atoms with van der Waals surface area (Å²) in [7, 11) is -3.66. The van der Waals surface area contributed by atoms with Gasteiger partial charge in [0.05, 0.1) is 17.8 Å². The fourth-order valence-corrected chi connectivity index (χ4v) is 5.43. The van der Waals surface area contributed by atoms with Crippen LogP contribution in [0.3, 0.4) is 0 Å². The zero-order chi connectivity index (χ0) is 28.7. The molecular weight excluding hydrogens is 555 g/mol. The van der Waals surface area contributed by atoms with Crippen molar-refractivity contribution in [2.75, 3.05) is 30.5 Å². The maximum atomic E-state index is 13.6. The Morgan fingerprint density at radius 3 is 2.77 bits per heavy atom. The van der Waals surface area contributed by atoms with Crippen LogP contribution in [-0.4, -0.2) is 66.4 Å². The van der Waals surface area contributed by atoms with Gasteiger partial charge in [-0.25, -0.2) is 13.4 Å². The van der Waals surface area contributed by atoms with Crippen molar-refractivity contribution in [2.45, 2.75) is 31.0 Å². The lowest BCUT2D eigenvalue weighted by Gasteiger charge is -2.37. The Kier molecular flexibility index (Phi) is 6.94. The molecule has 2 N–H and O–H groups in total. The van der Waals surface area contributed by atoms with E-state index >= 15 is 0 Å². The molecule has 15 heteroatoms. The third-order valence-corrected chi connectivity index (χ3v) is 7.19. The molecule has 2 aromatic heterocycles. The highest BCUT2D eigenvalue weighted by Crippen LogP contribution is 2.44. The number of hydrogen-bond acceptors (Lipinski definition) is 8. The van der Waals surface area contributed by atoms with Gasteiger partial charge in [0.2, 0.25) is 5.91 Å². The number of hydrogen-bond donors (Lipinski definition) is 2. The van der Waals surface area contributed by atoms with Gasteiger partial charge >= 0.3 is 6.18 Å². The average Bonchev–Trinajstić information content (AvgIpc) is 3.13. The van der Waals surface area contributed by atoms with Gasteiger partial charge in [0.15, 0.2) is 28.1 Å². The Morgan fingerprint density at radius 2 is 2.08 bits per heavy atom. The van der Waals surface area contributed by atoms with Crippen molar-refractivity contribution in [2.24, 2.45) is 0 Å². The maximum absolute atomic E-state index is 13.6. The highest BCUT2D eigenvalue weighted by molar-refractivity contribution is 7.91.